The fourth-order valence-corrected chi connectivity index (χ4v) is 1.29. The van der Waals surface area contributed by atoms with Gasteiger partial charge in [-0.05, 0) is 24.3 Å². The van der Waals surface area contributed by atoms with Crippen molar-refractivity contribution in [1.82, 2.24) is 9.97 Å². The predicted molar refractivity (Wildman–Crippen MR) is 57.5 cm³/mol. The van der Waals surface area contributed by atoms with Crippen molar-refractivity contribution >= 4 is 5.78 Å². The minimum Gasteiger partial charge on any atom is -0.293 e. The largest absolute Gasteiger partial charge is 0.293 e. The summed E-state index contributed by atoms with van der Waals surface area (Å²) < 4.78 is 0. The van der Waals surface area contributed by atoms with E-state index in [9.17, 15) is 4.79 Å². The first kappa shape index (κ1) is 9.52. The van der Waals surface area contributed by atoms with Crippen molar-refractivity contribution in [3.63, 3.8) is 0 Å². The fraction of sp³-hybridized carbons (Fsp3) is 0.0833. The van der Waals surface area contributed by atoms with Crippen molar-refractivity contribution in [3.05, 3.63) is 48.3 Å². The lowest BCUT2D eigenvalue weighted by atomic mass is 10.2. The van der Waals surface area contributed by atoms with E-state index in [1.54, 1.807) is 12.3 Å². The first-order chi connectivity index (χ1) is 7.27. The number of pyridine rings is 2. The van der Waals surface area contributed by atoms with E-state index in [-0.39, 0.29) is 5.78 Å². The second-order valence-corrected chi connectivity index (χ2v) is 3.18. The van der Waals surface area contributed by atoms with Crippen LogP contribution in [-0.4, -0.2) is 15.8 Å². The van der Waals surface area contributed by atoms with Crippen LogP contribution in [-0.2, 0) is 0 Å². The molecule has 0 aliphatic heterocycles. The Hall–Kier alpha value is -2.03. The van der Waals surface area contributed by atoms with Crippen molar-refractivity contribution in [2.45, 2.75) is 6.92 Å². The van der Waals surface area contributed by atoms with E-state index < -0.39 is 0 Å². The summed E-state index contributed by atoms with van der Waals surface area (Å²) >= 11 is 0. The number of Topliss-reactive ketones (excluding diaryl/α,β-unsaturated/α-hetero) is 1. The van der Waals surface area contributed by atoms with Gasteiger partial charge in [-0.1, -0.05) is 12.1 Å². The quantitative estimate of drug-likeness (QED) is 0.695. The maximum Gasteiger partial charge on any atom is 0.178 e. The molecule has 2 aromatic rings. The molecule has 0 saturated carbocycles. The molecule has 0 aromatic carbocycles. The topological polar surface area (TPSA) is 42.9 Å². The standard InChI is InChI=1S/C12H10N2O/c1-9(15)10-6-4-7-12(14-10)11-5-2-3-8-13-11/h2-8H,1H3. The molecule has 3 nitrogen and oxygen atoms in total. The Morgan fingerprint density at radius 2 is 1.87 bits per heavy atom. The summed E-state index contributed by atoms with van der Waals surface area (Å²) in [7, 11) is 0. The lowest BCUT2D eigenvalue weighted by molar-refractivity contribution is 0.101. The van der Waals surface area contributed by atoms with Crippen LogP contribution >= 0.6 is 0 Å². The lowest BCUT2D eigenvalue weighted by Crippen LogP contribution is -1.97. The van der Waals surface area contributed by atoms with E-state index in [1.807, 2.05) is 30.3 Å². The molecule has 2 heterocycles. The first-order valence-corrected chi connectivity index (χ1v) is 4.67. The van der Waals surface area contributed by atoms with E-state index in [1.165, 1.54) is 6.92 Å². The van der Waals surface area contributed by atoms with Gasteiger partial charge in [-0.25, -0.2) is 4.98 Å². The van der Waals surface area contributed by atoms with Gasteiger partial charge in [0.2, 0.25) is 0 Å². The summed E-state index contributed by atoms with van der Waals surface area (Å²) in [5, 5.41) is 0. The number of aromatic nitrogens is 2. The molecule has 0 bridgehead atoms. The highest BCUT2D eigenvalue weighted by Crippen LogP contribution is 2.13. The summed E-state index contributed by atoms with van der Waals surface area (Å²) in [5.41, 5.74) is 1.97. The van der Waals surface area contributed by atoms with Crippen LogP contribution in [0.1, 0.15) is 17.4 Å². The summed E-state index contributed by atoms with van der Waals surface area (Å²) in [4.78, 5) is 19.6. The fourth-order valence-electron chi connectivity index (χ4n) is 1.29. The zero-order valence-electron chi connectivity index (χ0n) is 8.34. The molecular formula is C12H10N2O. The second kappa shape index (κ2) is 4.00. The van der Waals surface area contributed by atoms with E-state index in [0.29, 0.717) is 5.69 Å². The summed E-state index contributed by atoms with van der Waals surface area (Å²) in [6.07, 6.45) is 1.71. The third-order valence-electron chi connectivity index (χ3n) is 2.04. The number of carbonyl (C=O) groups is 1. The number of rotatable bonds is 2. The van der Waals surface area contributed by atoms with Gasteiger partial charge in [-0.15, -0.1) is 0 Å². The zero-order chi connectivity index (χ0) is 10.7. The van der Waals surface area contributed by atoms with Crippen molar-refractivity contribution in [2.24, 2.45) is 0 Å². The lowest BCUT2D eigenvalue weighted by Gasteiger charge is -2.00. The number of ketones is 1. The molecule has 3 heteroatoms. The molecule has 0 N–H and O–H groups in total. The molecule has 0 aliphatic rings. The van der Waals surface area contributed by atoms with Gasteiger partial charge in [0, 0.05) is 13.1 Å². The number of carbonyl (C=O) groups excluding carboxylic acids is 1. The molecule has 74 valence electrons. The normalized spacial score (nSPS) is 9.93. The third kappa shape index (κ3) is 2.07. The summed E-state index contributed by atoms with van der Waals surface area (Å²) in [6, 6.07) is 11.0. The van der Waals surface area contributed by atoms with Gasteiger partial charge in [0.05, 0.1) is 11.4 Å². The average Bonchev–Trinajstić information content (AvgIpc) is 2.30. The molecule has 2 rings (SSSR count). The Labute approximate surface area is 87.8 Å². The smallest absolute Gasteiger partial charge is 0.178 e. The van der Waals surface area contributed by atoms with Crippen LogP contribution in [0.15, 0.2) is 42.6 Å². The molecule has 0 atom stereocenters. The minimum atomic E-state index is -0.0345. The predicted octanol–water partition coefficient (Wildman–Crippen LogP) is 2.35. The first-order valence-electron chi connectivity index (χ1n) is 4.67. The van der Waals surface area contributed by atoms with Crippen LogP contribution in [0.3, 0.4) is 0 Å². The SMILES string of the molecule is CC(=O)c1cccc(-c2ccccn2)n1. The molecule has 0 saturated heterocycles. The maximum atomic E-state index is 11.1. The number of hydrogen-bond donors (Lipinski definition) is 0. The van der Waals surface area contributed by atoms with Gasteiger partial charge < -0.3 is 0 Å². The van der Waals surface area contributed by atoms with Crippen molar-refractivity contribution in [1.29, 1.82) is 0 Å². The highest BCUT2D eigenvalue weighted by Gasteiger charge is 2.04. The Morgan fingerprint density at radius 1 is 1.07 bits per heavy atom. The van der Waals surface area contributed by atoms with E-state index in [2.05, 4.69) is 9.97 Å². The second-order valence-electron chi connectivity index (χ2n) is 3.18. The maximum absolute atomic E-state index is 11.1. The summed E-state index contributed by atoms with van der Waals surface area (Å²) in [5.74, 6) is -0.0345. The zero-order valence-corrected chi connectivity index (χ0v) is 8.34. The van der Waals surface area contributed by atoms with Gasteiger partial charge in [0.1, 0.15) is 5.69 Å². The van der Waals surface area contributed by atoms with Gasteiger partial charge in [0.15, 0.2) is 5.78 Å². The van der Waals surface area contributed by atoms with Gasteiger partial charge in [-0.2, -0.15) is 0 Å². The Bertz CT molecular complexity index is 480. The summed E-state index contributed by atoms with van der Waals surface area (Å²) in [6.45, 7) is 1.50. The van der Waals surface area contributed by atoms with E-state index >= 15 is 0 Å². The van der Waals surface area contributed by atoms with Crippen LogP contribution in [0.5, 0.6) is 0 Å². The van der Waals surface area contributed by atoms with Crippen molar-refractivity contribution in [2.75, 3.05) is 0 Å². The van der Waals surface area contributed by atoms with Crippen LogP contribution in [0.4, 0.5) is 0 Å². The molecule has 0 fully saturated rings. The highest BCUT2D eigenvalue weighted by molar-refractivity contribution is 5.92. The molecule has 0 amide bonds. The molecule has 0 unspecified atom stereocenters. The van der Waals surface area contributed by atoms with Crippen LogP contribution < -0.4 is 0 Å². The molecular weight excluding hydrogens is 188 g/mol. The van der Waals surface area contributed by atoms with E-state index in [0.717, 1.165) is 11.4 Å². The van der Waals surface area contributed by atoms with Gasteiger partial charge >= 0.3 is 0 Å². The van der Waals surface area contributed by atoms with Crippen molar-refractivity contribution in [3.8, 4) is 11.4 Å². The Balaban J connectivity index is 2.46. The molecule has 0 radical (unpaired) electrons. The Morgan fingerprint density at radius 3 is 2.53 bits per heavy atom. The van der Waals surface area contributed by atoms with Crippen LogP contribution in [0, 0.1) is 0 Å². The highest BCUT2D eigenvalue weighted by atomic mass is 16.1. The Kier molecular flexibility index (Phi) is 2.54. The van der Waals surface area contributed by atoms with Gasteiger partial charge in [0.25, 0.3) is 0 Å². The van der Waals surface area contributed by atoms with Gasteiger partial charge in [-0.3, -0.25) is 9.78 Å². The van der Waals surface area contributed by atoms with Crippen molar-refractivity contribution < 1.29 is 4.79 Å². The third-order valence-corrected chi connectivity index (χ3v) is 2.04. The van der Waals surface area contributed by atoms with Crippen LogP contribution in [0.2, 0.25) is 0 Å². The molecule has 0 aliphatic carbocycles. The number of hydrogen-bond acceptors (Lipinski definition) is 3. The van der Waals surface area contributed by atoms with Crippen LogP contribution in [0.25, 0.3) is 11.4 Å². The van der Waals surface area contributed by atoms with E-state index in [4.69, 9.17) is 0 Å². The number of nitrogens with zero attached hydrogens (tertiary/aromatic N) is 2. The average molecular weight is 198 g/mol. The molecule has 0 spiro atoms. The molecule has 2 aromatic heterocycles. The molecule has 15 heavy (non-hydrogen) atoms. The monoisotopic (exact) mass is 198 g/mol. The minimum absolute atomic E-state index is 0.0345.